The summed E-state index contributed by atoms with van der Waals surface area (Å²) in [6.45, 7) is 11.7. The van der Waals surface area contributed by atoms with Crippen LogP contribution in [0.4, 0.5) is 9.59 Å². The van der Waals surface area contributed by atoms with Gasteiger partial charge in [-0.2, -0.15) is 0 Å². The molecular formula is C22H36N2O11. The normalized spacial score (nSPS) is 17.1. The largest absolute Gasteiger partial charge is 0.460 e. The molecule has 200 valence electrons. The Morgan fingerprint density at radius 2 is 1.40 bits per heavy atom. The molecule has 1 fully saturated rings. The molecule has 13 nitrogen and oxygen atoms in total. The lowest BCUT2D eigenvalue weighted by molar-refractivity contribution is -0.140. The molecule has 0 aromatic rings. The van der Waals surface area contributed by atoms with E-state index in [2.05, 4.69) is 23.8 Å². The molecule has 1 aliphatic heterocycles. The van der Waals surface area contributed by atoms with Crippen LogP contribution >= 0.6 is 0 Å². The lowest BCUT2D eigenvalue weighted by Crippen LogP contribution is -2.34. The Hall–Kier alpha value is -2.71. The van der Waals surface area contributed by atoms with Gasteiger partial charge in [0.2, 0.25) is 0 Å². The highest BCUT2D eigenvalue weighted by Crippen LogP contribution is 2.28. The van der Waals surface area contributed by atoms with Crippen LogP contribution < -0.4 is 10.6 Å². The van der Waals surface area contributed by atoms with Crippen LogP contribution in [0, 0.1) is 0 Å². The molecule has 0 saturated carbocycles. The molecule has 0 radical (unpaired) electrons. The zero-order valence-corrected chi connectivity index (χ0v) is 20.2. The molecule has 0 bridgehead atoms. The van der Waals surface area contributed by atoms with E-state index >= 15 is 0 Å². The summed E-state index contributed by atoms with van der Waals surface area (Å²) in [4.78, 5) is 34.3. The van der Waals surface area contributed by atoms with Gasteiger partial charge in [0.05, 0.1) is 33.0 Å². The third-order valence-corrected chi connectivity index (χ3v) is 4.10. The summed E-state index contributed by atoms with van der Waals surface area (Å²) in [5.41, 5.74) is 1.21. The van der Waals surface area contributed by atoms with Crippen molar-refractivity contribution in [3.8, 4) is 0 Å². The number of carbonyl (C=O) groups is 3. The monoisotopic (exact) mass is 504 g/mol. The molecule has 0 aliphatic carbocycles. The Kier molecular flexibility index (Phi) is 15.3. The van der Waals surface area contributed by atoms with Crippen LogP contribution in [0.15, 0.2) is 24.3 Å². The van der Waals surface area contributed by atoms with Crippen molar-refractivity contribution in [1.82, 2.24) is 10.6 Å². The van der Waals surface area contributed by atoms with Crippen molar-refractivity contribution in [3.63, 3.8) is 0 Å². The zero-order chi connectivity index (χ0) is 26.1. The van der Waals surface area contributed by atoms with Crippen molar-refractivity contribution in [2.45, 2.75) is 32.3 Å². The minimum absolute atomic E-state index is 0.0427. The fraction of sp³-hybridized carbons (Fsp3) is 0.682. The number of epoxide rings is 1. The standard InChI is InChI=1S/C22H36N2O11/c1-15(2)18-20(35-18)32-12-10-30-8-6-24-22(28)34-14-17(25)13-33-21(27)23-5-7-29-9-11-31-19(26)16(3)4/h17-18,20,25H,1,3,5-14H2,2,4H3,(H,23,27)(H,24,28). The Labute approximate surface area is 204 Å². The van der Waals surface area contributed by atoms with Crippen molar-refractivity contribution in [2.24, 2.45) is 0 Å². The van der Waals surface area contributed by atoms with Gasteiger partial charge in [-0.05, 0) is 19.4 Å². The molecular weight excluding hydrogens is 468 g/mol. The molecule has 3 atom stereocenters. The van der Waals surface area contributed by atoms with E-state index in [1.165, 1.54) is 6.92 Å². The lowest BCUT2D eigenvalue weighted by atomic mass is 10.2. The fourth-order valence-corrected chi connectivity index (χ4v) is 2.26. The second kappa shape index (κ2) is 17.7. The number of aliphatic hydroxyl groups excluding tert-OH is 1. The quantitative estimate of drug-likeness (QED) is 0.0552. The summed E-state index contributed by atoms with van der Waals surface area (Å²) >= 11 is 0. The van der Waals surface area contributed by atoms with Gasteiger partial charge in [0.25, 0.3) is 0 Å². The Morgan fingerprint density at radius 1 is 0.857 bits per heavy atom. The van der Waals surface area contributed by atoms with Gasteiger partial charge in [-0.1, -0.05) is 13.2 Å². The first-order chi connectivity index (χ1) is 16.7. The summed E-state index contributed by atoms with van der Waals surface area (Å²) in [5.74, 6) is -0.497. The van der Waals surface area contributed by atoms with Crippen LogP contribution in [0.1, 0.15) is 13.8 Å². The molecule has 0 aromatic heterocycles. The maximum Gasteiger partial charge on any atom is 0.407 e. The number of rotatable bonds is 19. The first kappa shape index (κ1) is 30.3. The third kappa shape index (κ3) is 15.7. The van der Waals surface area contributed by atoms with Gasteiger partial charge in [0, 0.05) is 18.7 Å². The number of aliphatic hydroxyl groups is 1. The van der Waals surface area contributed by atoms with Gasteiger partial charge < -0.3 is 48.9 Å². The second-order valence-corrected chi connectivity index (χ2v) is 7.49. The molecule has 1 saturated heterocycles. The highest BCUT2D eigenvalue weighted by Gasteiger charge is 2.40. The number of hydrogen-bond donors (Lipinski definition) is 3. The molecule has 35 heavy (non-hydrogen) atoms. The van der Waals surface area contributed by atoms with Crippen molar-refractivity contribution >= 4 is 18.2 Å². The molecule has 0 aromatic carbocycles. The minimum atomic E-state index is -1.19. The lowest BCUT2D eigenvalue weighted by Gasteiger charge is -2.13. The summed E-state index contributed by atoms with van der Waals surface area (Å²) in [5, 5.41) is 14.6. The smallest absolute Gasteiger partial charge is 0.407 e. The average molecular weight is 505 g/mol. The molecule has 1 rings (SSSR count). The van der Waals surface area contributed by atoms with Crippen LogP contribution in [0.25, 0.3) is 0 Å². The molecule has 13 heteroatoms. The van der Waals surface area contributed by atoms with Gasteiger partial charge >= 0.3 is 18.2 Å². The Bertz CT molecular complexity index is 701. The number of nitrogens with one attached hydrogen (secondary N) is 2. The van der Waals surface area contributed by atoms with Crippen molar-refractivity contribution in [3.05, 3.63) is 24.3 Å². The van der Waals surface area contributed by atoms with Crippen LogP contribution in [-0.2, 0) is 38.0 Å². The minimum Gasteiger partial charge on any atom is -0.460 e. The van der Waals surface area contributed by atoms with Gasteiger partial charge in [0.15, 0.2) is 6.29 Å². The van der Waals surface area contributed by atoms with E-state index < -0.39 is 24.3 Å². The van der Waals surface area contributed by atoms with Gasteiger partial charge in [0.1, 0.15) is 32.0 Å². The molecule has 3 unspecified atom stereocenters. The van der Waals surface area contributed by atoms with E-state index in [4.69, 9.17) is 33.2 Å². The maximum absolute atomic E-state index is 11.6. The first-order valence-electron chi connectivity index (χ1n) is 11.1. The SMILES string of the molecule is C=C(C)C(=O)OCCOCCNC(=O)OCC(O)COC(=O)NCCOCCOC1OC1C(=C)C. The number of amides is 2. The number of ether oxygens (including phenoxy) is 7. The van der Waals surface area contributed by atoms with E-state index in [0.29, 0.717) is 18.8 Å². The summed E-state index contributed by atoms with van der Waals surface area (Å²) in [6, 6.07) is 0. The topological polar surface area (TPSA) is 163 Å². The van der Waals surface area contributed by atoms with Crippen LogP contribution in [-0.4, -0.2) is 108 Å². The summed E-state index contributed by atoms with van der Waals surface area (Å²) in [7, 11) is 0. The Morgan fingerprint density at radius 3 is 1.89 bits per heavy atom. The first-order valence-corrected chi connectivity index (χ1v) is 11.1. The van der Waals surface area contributed by atoms with E-state index in [1.807, 2.05) is 6.92 Å². The van der Waals surface area contributed by atoms with Crippen LogP contribution in [0.5, 0.6) is 0 Å². The van der Waals surface area contributed by atoms with Crippen molar-refractivity contribution in [1.29, 1.82) is 0 Å². The highest BCUT2D eigenvalue weighted by molar-refractivity contribution is 5.86. The zero-order valence-electron chi connectivity index (χ0n) is 20.2. The molecule has 2 amide bonds. The highest BCUT2D eigenvalue weighted by atomic mass is 16.8. The van der Waals surface area contributed by atoms with E-state index in [-0.39, 0.29) is 65.1 Å². The third-order valence-electron chi connectivity index (χ3n) is 4.10. The Balaban J connectivity index is 1.89. The molecule has 0 spiro atoms. The van der Waals surface area contributed by atoms with Gasteiger partial charge in [-0.15, -0.1) is 0 Å². The molecule has 1 aliphatic rings. The predicted molar refractivity (Wildman–Crippen MR) is 122 cm³/mol. The van der Waals surface area contributed by atoms with E-state index in [1.54, 1.807) is 0 Å². The molecule has 1 heterocycles. The fourth-order valence-electron chi connectivity index (χ4n) is 2.26. The summed E-state index contributed by atoms with van der Waals surface area (Å²) in [6.07, 6.45) is -2.99. The summed E-state index contributed by atoms with van der Waals surface area (Å²) < 4.78 is 35.6. The van der Waals surface area contributed by atoms with Gasteiger partial charge in [-0.3, -0.25) is 0 Å². The number of esters is 1. The average Bonchev–Trinajstić information content (AvgIpc) is 3.59. The second-order valence-electron chi connectivity index (χ2n) is 7.49. The van der Waals surface area contributed by atoms with E-state index in [0.717, 1.165) is 5.57 Å². The van der Waals surface area contributed by atoms with Crippen LogP contribution in [0.2, 0.25) is 0 Å². The van der Waals surface area contributed by atoms with Crippen molar-refractivity contribution in [2.75, 3.05) is 65.9 Å². The molecule has 3 N–H and O–H groups in total. The van der Waals surface area contributed by atoms with Crippen molar-refractivity contribution < 1.29 is 52.6 Å². The van der Waals surface area contributed by atoms with Gasteiger partial charge in [-0.25, -0.2) is 14.4 Å². The predicted octanol–water partition coefficient (Wildman–Crippen LogP) is 0.270. The van der Waals surface area contributed by atoms with E-state index in [9.17, 15) is 19.5 Å². The maximum atomic E-state index is 11.6. The number of hydrogen-bond acceptors (Lipinski definition) is 11. The van der Waals surface area contributed by atoms with Crippen LogP contribution in [0.3, 0.4) is 0 Å². The number of carbonyl (C=O) groups excluding carboxylic acids is 3. The number of alkyl carbamates (subject to hydrolysis) is 2.